The Balaban J connectivity index is 1.97. The fourth-order valence-electron chi connectivity index (χ4n) is 1.99. The molecule has 6 nitrogen and oxygen atoms in total. The Morgan fingerprint density at radius 3 is 2.85 bits per heavy atom. The van der Waals surface area contributed by atoms with E-state index in [2.05, 4.69) is 20.6 Å². The topological polar surface area (TPSA) is 79.3 Å². The van der Waals surface area contributed by atoms with Crippen molar-refractivity contribution < 1.29 is 14.2 Å². The second kappa shape index (κ2) is 6.81. The van der Waals surface area contributed by atoms with Gasteiger partial charge in [0, 0.05) is 39.1 Å². The van der Waals surface area contributed by atoms with Gasteiger partial charge in [0.1, 0.15) is 0 Å². The van der Waals surface area contributed by atoms with Crippen LogP contribution in [0.2, 0.25) is 0 Å². The molecular weight excluding hydrogens is 263 g/mol. The third-order valence-corrected chi connectivity index (χ3v) is 3.29. The molecule has 0 radical (unpaired) electrons. The molecule has 0 aliphatic carbocycles. The van der Waals surface area contributed by atoms with Crippen LogP contribution in [0.15, 0.2) is 6.20 Å². The highest BCUT2D eigenvalue weighted by atomic mass is 19.1. The van der Waals surface area contributed by atoms with Crippen molar-refractivity contribution in [3.63, 3.8) is 0 Å². The molecule has 2 heterocycles. The number of ether oxygens (including phenoxy) is 1. The Labute approximate surface area is 117 Å². The van der Waals surface area contributed by atoms with E-state index >= 15 is 0 Å². The van der Waals surface area contributed by atoms with Gasteiger partial charge >= 0.3 is 0 Å². The maximum atomic E-state index is 13.6. The summed E-state index contributed by atoms with van der Waals surface area (Å²) in [6, 6.07) is 0. The summed E-state index contributed by atoms with van der Waals surface area (Å²) in [5.74, 6) is -0.0315. The maximum Gasteiger partial charge on any atom is 0.224 e. The SMILES string of the molecule is CCCNc1ncc(F)c(NCC2(O)CCOCC2)n1. The van der Waals surface area contributed by atoms with Crippen molar-refractivity contribution in [2.24, 2.45) is 0 Å². The molecule has 0 bridgehead atoms. The number of anilines is 2. The summed E-state index contributed by atoms with van der Waals surface area (Å²) in [6.45, 7) is 4.04. The molecule has 0 unspecified atom stereocenters. The molecule has 1 saturated heterocycles. The van der Waals surface area contributed by atoms with Gasteiger partial charge in [0.05, 0.1) is 11.8 Å². The summed E-state index contributed by atoms with van der Waals surface area (Å²) in [5, 5.41) is 16.2. The van der Waals surface area contributed by atoms with E-state index in [1.54, 1.807) is 0 Å². The summed E-state index contributed by atoms with van der Waals surface area (Å²) in [4.78, 5) is 7.94. The first-order valence-corrected chi connectivity index (χ1v) is 6.93. The van der Waals surface area contributed by atoms with Crippen LogP contribution in [0, 0.1) is 5.82 Å². The van der Waals surface area contributed by atoms with E-state index in [1.807, 2.05) is 6.92 Å². The molecule has 1 aromatic heterocycles. The zero-order valence-electron chi connectivity index (χ0n) is 11.7. The molecular formula is C13H21FN4O2. The average molecular weight is 284 g/mol. The van der Waals surface area contributed by atoms with Crippen LogP contribution in [0.4, 0.5) is 16.2 Å². The zero-order valence-corrected chi connectivity index (χ0v) is 11.7. The van der Waals surface area contributed by atoms with Crippen molar-refractivity contribution in [2.75, 3.05) is 36.9 Å². The van der Waals surface area contributed by atoms with Crippen molar-refractivity contribution in [2.45, 2.75) is 31.8 Å². The Morgan fingerprint density at radius 1 is 1.40 bits per heavy atom. The van der Waals surface area contributed by atoms with Crippen molar-refractivity contribution in [3.05, 3.63) is 12.0 Å². The third-order valence-electron chi connectivity index (χ3n) is 3.29. The molecule has 0 amide bonds. The minimum absolute atomic E-state index is 0.110. The molecule has 1 aliphatic rings. The molecule has 0 spiro atoms. The van der Waals surface area contributed by atoms with E-state index in [4.69, 9.17) is 4.74 Å². The van der Waals surface area contributed by atoms with Crippen LogP contribution in [0.1, 0.15) is 26.2 Å². The molecule has 1 aliphatic heterocycles. The predicted molar refractivity (Wildman–Crippen MR) is 74.3 cm³/mol. The van der Waals surface area contributed by atoms with E-state index in [0.717, 1.165) is 19.2 Å². The average Bonchev–Trinajstić information content (AvgIpc) is 2.46. The van der Waals surface area contributed by atoms with Gasteiger partial charge in [-0.25, -0.2) is 9.37 Å². The normalized spacial score (nSPS) is 17.8. The lowest BCUT2D eigenvalue weighted by molar-refractivity contribution is -0.0544. The van der Waals surface area contributed by atoms with Gasteiger partial charge in [0.25, 0.3) is 0 Å². The van der Waals surface area contributed by atoms with Gasteiger partial charge in [-0.05, 0) is 6.42 Å². The lowest BCUT2D eigenvalue weighted by Gasteiger charge is -2.32. The maximum absolute atomic E-state index is 13.6. The molecule has 20 heavy (non-hydrogen) atoms. The second-order valence-electron chi connectivity index (χ2n) is 5.01. The van der Waals surface area contributed by atoms with Crippen LogP contribution >= 0.6 is 0 Å². The standard InChI is InChI=1S/C13H21FN4O2/c1-2-5-15-12-16-8-10(14)11(18-12)17-9-13(19)3-6-20-7-4-13/h8,19H,2-7,9H2,1H3,(H2,15,16,17,18). The van der Waals surface area contributed by atoms with Crippen LogP contribution in [0.5, 0.6) is 0 Å². The minimum Gasteiger partial charge on any atom is -0.388 e. The summed E-state index contributed by atoms with van der Waals surface area (Å²) >= 11 is 0. The molecule has 1 fully saturated rings. The molecule has 0 saturated carbocycles. The third kappa shape index (κ3) is 4.01. The van der Waals surface area contributed by atoms with Crippen LogP contribution < -0.4 is 10.6 Å². The van der Waals surface area contributed by atoms with Crippen LogP contribution in [-0.4, -0.2) is 47.0 Å². The monoisotopic (exact) mass is 284 g/mol. The van der Waals surface area contributed by atoms with Gasteiger partial charge in [0.15, 0.2) is 11.6 Å². The first-order chi connectivity index (χ1) is 9.63. The largest absolute Gasteiger partial charge is 0.388 e. The van der Waals surface area contributed by atoms with E-state index in [1.165, 1.54) is 0 Å². The van der Waals surface area contributed by atoms with Gasteiger partial charge < -0.3 is 20.5 Å². The number of nitrogens with zero attached hydrogens (tertiary/aromatic N) is 2. The van der Waals surface area contributed by atoms with Crippen molar-refractivity contribution in [1.82, 2.24) is 9.97 Å². The highest BCUT2D eigenvalue weighted by Crippen LogP contribution is 2.21. The van der Waals surface area contributed by atoms with E-state index in [0.29, 0.717) is 32.0 Å². The summed E-state index contributed by atoms with van der Waals surface area (Å²) in [7, 11) is 0. The highest BCUT2D eigenvalue weighted by Gasteiger charge is 2.29. The highest BCUT2D eigenvalue weighted by molar-refractivity contribution is 5.41. The molecule has 7 heteroatoms. The zero-order chi connectivity index (χ0) is 14.4. The van der Waals surface area contributed by atoms with Crippen molar-refractivity contribution >= 4 is 11.8 Å². The van der Waals surface area contributed by atoms with Gasteiger partial charge in [-0.2, -0.15) is 4.98 Å². The number of aromatic nitrogens is 2. The summed E-state index contributed by atoms with van der Waals surface area (Å²) < 4.78 is 18.9. The number of aliphatic hydroxyl groups is 1. The number of nitrogens with one attached hydrogen (secondary N) is 2. The molecule has 1 aromatic rings. The Hall–Kier alpha value is -1.47. The fraction of sp³-hybridized carbons (Fsp3) is 0.692. The van der Waals surface area contributed by atoms with E-state index in [-0.39, 0.29) is 12.4 Å². The lowest BCUT2D eigenvalue weighted by Crippen LogP contribution is -2.42. The molecule has 3 N–H and O–H groups in total. The molecule has 0 aromatic carbocycles. The molecule has 112 valence electrons. The smallest absolute Gasteiger partial charge is 0.224 e. The fourth-order valence-corrected chi connectivity index (χ4v) is 1.99. The number of hydrogen-bond donors (Lipinski definition) is 3. The van der Waals surface area contributed by atoms with Crippen molar-refractivity contribution in [3.8, 4) is 0 Å². The Kier molecular flexibility index (Phi) is 5.08. The molecule has 0 atom stereocenters. The van der Waals surface area contributed by atoms with Crippen molar-refractivity contribution in [1.29, 1.82) is 0 Å². The number of halogens is 1. The van der Waals surface area contributed by atoms with Gasteiger partial charge in [-0.1, -0.05) is 6.92 Å². The Bertz CT molecular complexity index is 438. The first-order valence-electron chi connectivity index (χ1n) is 6.93. The quantitative estimate of drug-likeness (QED) is 0.732. The van der Waals surface area contributed by atoms with Crippen LogP contribution in [-0.2, 0) is 4.74 Å². The summed E-state index contributed by atoms with van der Waals surface area (Å²) in [5.41, 5.74) is -0.868. The van der Waals surface area contributed by atoms with Gasteiger partial charge in [-0.15, -0.1) is 0 Å². The lowest BCUT2D eigenvalue weighted by atomic mass is 9.94. The first kappa shape index (κ1) is 14.9. The van der Waals surface area contributed by atoms with E-state index in [9.17, 15) is 9.50 Å². The van der Waals surface area contributed by atoms with Crippen LogP contribution in [0.25, 0.3) is 0 Å². The van der Waals surface area contributed by atoms with E-state index < -0.39 is 11.4 Å². The number of hydrogen-bond acceptors (Lipinski definition) is 6. The number of rotatable bonds is 6. The Morgan fingerprint density at radius 2 is 2.15 bits per heavy atom. The van der Waals surface area contributed by atoms with Gasteiger partial charge in [-0.3, -0.25) is 0 Å². The van der Waals surface area contributed by atoms with Gasteiger partial charge in [0.2, 0.25) is 5.95 Å². The minimum atomic E-state index is -0.868. The van der Waals surface area contributed by atoms with Crippen LogP contribution in [0.3, 0.4) is 0 Å². The summed E-state index contributed by atoms with van der Waals surface area (Å²) in [6.07, 6.45) is 3.13. The molecule has 2 rings (SSSR count). The predicted octanol–water partition coefficient (Wildman–Crippen LogP) is 1.39. The second-order valence-corrected chi connectivity index (χ2v) is 5.01.